The predicted molar refractivity (Wildman–Crippen MR) is 116 cm³/mol. The third-order valence-electron chi connectivity index (χ3n) is 4.97. The first-order valence-corrected chi connectivity index (χ1v) is 9.85. The van der Waals surface area contributed by atoms with Crippen LogP contribution >= 0.6 is 0 Å². The highest BCUT2D eigenvalue weighted by Crippen LogP contribution is 2.25. The van der Waals surface area contributed by atoms with Crippen molar-refractivity contribution in [1.29, 1.82) is 0 Å². The van der Waals surface area contributed by atoms with Gasteiger partial charge < -0.3 is 18.7 Å². The number of rotatable bonds is 5. The van der Waals surface area contributed by atoms with Gasteiger partial charge in [0.05, 0.1) is 10.9 Å². The molecular weight excluding hydrogens is 432 g/mol. The Balaban J connectivity index is 1.35. The summed E-state index contributed by atoms with van der Waals surface area (Å²) in [6.45, 7) is 0.0304. The maximum absolute atomic E-state index is 13.4. The highest BCUT2D eigenvalue weighted by Gasteiger charge is 2.12. The molecule has 0 bridgehead atoms. The molecule has 0 aliphatic rings. The zero-order chi connectivity index (χ0) is 22.9. The van der Waals surface area contributed by atoms with Crippen molar-refractivity contribution in [3.05, 3.63) is 101 Å². The quantitative estimate of drug-likeness (QED) is 0.373. The van der Waals surface area contributed by atoms with Gasteiger partial charge in [0, 0.05) is 17.7 Å². The molecule has 0 aliphatic carbocycles. The minimum Gasteiger partial charge on any atom is -0.508 e. The third kappa shape index (κ3) is 4.18. The van der Waals surface area contributed by atoms with Crippen LogP contribution in [0.5, 0.6) is 11.5 Å². The summed E-state index contributed by atoms with van der Waals surface area (Å²) in [7, 11) is 0. The molecule has 0 aliphatic heterocycles. The summed E-state index contributed by atoms with van der Waals surface area (Å²) >= 11 is 0. The van der Waals surface area contributed by atoms with E-state index in [9.17, 15) is 18.7 Å². The summed E-state index contributed by atoms with van der Waals surface area (Å²) < 4.78 is 43.5. The zero-order valence-electron chi connectivity index (χ0n) is 16.9. The van der Waals surface area contributed by atoms with E-state index in [0.29, 0.717) is 33.5 Å². The van der Waals surface area contributed by atoms with E-state index in [-0.39, 0.29) is 29.2 Å². The minimum absolute atomic E-state index is 0.0304. The van der Waals surface area contributed by atoms with Crippen LogP contribution in [0, 0.1) is 11.6 Å². The number of phenols is 1. The SMILES string of the molecule is O=c1c(-c2ccc(O)cc2)coc2cc(OCc3coc(-c4cc(F)cc(F)c4)n3)ccc12. The smallest absolute Gasteiger partial charge is 0.226 e. The first-order chi connectivity index (χ1) is 16.0. The summed E-state index contributed by atoms with van der Waals surface area (Å²) in [5.41, 5.74) is 1.73. The van der Waals surface area contributed by atoms with Crippen LogP contribution in [0.4, 0.5) is 8.78 Å². The number of fused-ring (bicyclic) bond motifs is 1. The molecule has 0 unspecified atom stereocenters. The molecule has 0 saturated carbocycles. The van der Waals surface area contributed by atoms with Gasteiger partial charge in [0.15, 0.2) is 5.43 Å². The minimum atomic E-state index is -0.729. The first kappa shape index (κ1) is 20.4. The summed E-state index contributed by atoms with van der Waals surface area (Å²) in [5, 5.41) is 9.81. The Labute approximate surface area is 185 Å². The molecule has 2 aromatic heterocycles. The maximum atomic E-state index is 13.4. The third-order valence-corrected chi connectivity index (χ3v) is 4.97. The number of oxazole rings is 1. The fourth-order valence-corrected chi connectivity index (χ4v) is 3.38. The Hall–Kier alpha value is -4.46. The summed E-state index contributed by atoms with van der Waals surface area (Å²) in [6, 6.07) is 14.1. The van der Waals surface area contributed by atoms with Gasteiger partial charge in [0.2, 0.25) is 5.89 Å². The summed E-state index contributed by atoms with van der Waals surface area (Å²) in [4.78, 5) is 17.0. The van der Waals surface area contributed by atoms with Gasteiger partial charge in [-0.1, -0.05) is 12.1 Å². The molecule has 0 amide bonds. The molecule has 164 valence electrons. The second kappa shape index (κ2) is 8.23. The van der Waals surface area contributed by atoms with Crippen LogP contribution in [0.25, 0.3) is 33.6 Å². The van der Waals surface area contributed by atoms with Crippen molar-refractivity contribution in [3.8, 4) is 34.1 Å². The molecule has 0 fully saturated rings. The lowest BCUT2D eigenvalue weighted by atomic mass is 10.1. The first-order valence-electron chi connectivity index (χ1n) is 9.85. The monoisotopic (exact) mass is 447 g/mol. The fraction of sp³-hybridized carbons (Fsp3) is 0.0400. The van der Waals surface area contributed by atoms with E-state index in [4.69, 9.17) is 13.6 Å². The van der Waals surface area contributed by atoms with E-state index in [1.807, 2.05) is 0 Å². The number of nitrogens with zero attached hydrogens (tertiary/aromatic N) is 1. The van der Waals surface area contributed by atoms with Crippen molar-refractivity contribution >= 4 is 11.0 Å². The number of hydrogen-bond acceptors (Lipinski definition) is 6. The average molecular weight is 447 g/mol. The van der Waals surface area contributed by atoms with Crippen molar-refractivity contribution < 1.29 is 27.5 Å². The molecule has 6 nitrogen and oxygen atoms in total. The van der Waals surface area contributed by atoms with Crippen molar-refractivity contribution in [2.24, 2.45) is 0 Å². The Morgan fingerprint density at radius 3 is 2.39 bits per heavy atom. The van der Waals surface area contributed by atoms with Crippen molar-refractivity contribution in [3.63, 3.8) is 0 Å². The van der Waals surface area contributed by atoms with E-state index >= 15 is 0 Å². The highest BCUT2D eigenvalue weighted by molar-refractivity contribution is 5.82. The van der Waals surface area contributed by atoms with Gasteiger partial charge >= 0.3 is 0 Å². The van der Waals surface area contributed by atoms with Crippen LogP contribution < -0.4 is 10.2 Å². The van der Waals surface area contributed by atoms with Gasteiger partial charge in [-0.05, 0) is 42.0 Å². The van der Waals surface area contributed by atoms with Gasteiger partial charge in [-0.3, -0.25) is 4.79 Å². The molecule has 0 saturated heterocycles. The molecule has 1 N–H and O–H groups in total. The molecule has 2 heterocycles. The Kier molecular flexibility index (Phi) is 5.10. The van der Waals surface area contributed by atoms with E-state index in [0.717, 1.165) is 18.2 Å². The predicted octanol–water partition coefficient (Wildman–Crippen LogP) is 5.68. The Bertz CT molecular complexity index is 1500. The Morgan fingerprint density at radius 2 is 1.64 bits per heavy atom. The molecule has 5 rings (SSSR count). The van der Waals surface area contributed by atoms with E-state index in [1.165, 1.54) is 24.7 Å². The number of aromatic nitrogens is 1. The van der Waals surface area contributed by atoms with Crippen LogP contribution in [0.1, 0.15) is 5.69 Å². The number of aromatic hydroxyl groups is 1. The summed E-state index contributed by atoms with van der Waals surface area (Å²) in [6.07, 6.45) is 2.70. The second-order valence-electron chi connectivity index (χ2n) is 7.27. The largest absolute Gasteiger partial charge is 0.508 e. The van der Waals surface area contributed by atoms with Crippen molar-refractivity contribution in [2.45, 2.75) is 6.61 Å². The van der Waals surface area contributed by atoms with Crippen LogP contribution in [0.3, 0.4) is 0 Å². The lowest BCUT2D eigenvalue weighted by Crippen LogP contribution is -2.05. The zero-order valence-corrected chi connectivity index (χ0v) is 16.9. The van der Waals surface area contributed by atoms with Gasteiger partial charge in [0.25, 0.3) is 0 Å². The van der Waals surface area contributed by atoms with Crippen LogP contribution in [-0.2, 0) is 6.61 Å². The van der Waals surface area contributed by atoms with Gasteiger partial charge in [-0.2, -0.15) is 0 Å². The average Bonchev–Trinajstić information content (AvgIpc) is 3.27. The topological polar surface area (TPSA) is 85.7 Å². The summed E-state index contributed by atoms with van der Waals surface area (Å²) in [5.74, 6) is -0.852. The van der Waals surface area contributed by atoms with E-state index in [2.05, 4.69) is 4.98 Å². The van der Waals surface area contributed by atoms with Gasteiger partial charge in [-0.15, -0.1) is 0 Å². The number of halogens is 2. The second-order valence-corrected chi connectivity index (χ2v) is 7.27. The standard InChI is InChI=1S/C25H15F2NO5/c26-16-7-15(8-17(27)9-16)25-28-18(12-33-25)11-31-20-5-6-21-23(10-20)32-13-22(24(21)30)14-1-3-19(29)4-2-14/h1-10,12-13,29H,11H2. The molecular formula is C25H15F2NO5. The maximum Gasteiger partial charge on any atom is 0.226 e. The number of ether oxygens (including phenoxy) is 1. The van der Waals surface area contributed by atoms with Crippen LogP contribution in [0.15, 0.2) is 86.8 Å². The molecule has 0 atom stereocenters. The molecule has 8 heteroatoms. The highest BCUT2D eigenvalue weighted by atomic mass is 19.1. The molecule has 0 spiro atoms. The van der Waals surface area contributed by atoms with Gasteiger partial charge in [0.1, 0.15) is 53.5 Å². The lowest BCUT2D eigenvalue weighted by Gasteiger charge is -2.06. The molecule has 5 aromatic rings. The molecule has 3 aromatic carbocycles. The molecule has 0 radical (unpaired) electrons. The van der Waals surface area contributed by atoms with Crippen LogP contribution in [0.2, 0.25) is 0 Å². The lowest BCUT2D eigenvalue weighted by molar-refractivity contribution is 0.301. The van der Waals surface area contributed by atoms with Crippen molar-refractivity contribution in [2.75, 3.05) is 0 Å². The van der Waals surface area contributed by atoms with E-state index < -0.39 is 11.6 Å². The normalized spacial score (nSPS) is 11.1. The number of hydrogen-bond donors (Lipinski definition) is 1. The Morgan fingerprint density at radius 1 is 0.879 bits per heavy atom. The fourth-order valence-electron chi connectivity index (χ4n) is 3.38. The number of phenolic OH excluding ortho intramolecular Hbond substituents is 1. The van der Waals surface area contributed by atoms with Gasteiger partial charge in [-0.25, -0.2) is 13.8 Å². The van der Waals surface area contributed by atoms with Crippen molar-refractivity contribution in [1.82, 2.24) is 4.98 Å². The van der Waals surface area contributed by atoms with Crippen LogP contribution in [-0.4, -0.2) is 10.1 Å². The number of benzene rings is 3. The van der Waals surface area contributed by atoms with E-state index in [1.54, 1.807) is 30.3 Å². The molecule has 33 heavy (non-hydrogen) atoms.